The van der Waals surface area contributed by atoms with Crippen LogP contribution in [0.4, 0.5) is 4.39 Å². The monoisotopic (exact) mass is 301 g/mol. The van der Waals surface area contributed by atoms with Gasteiger partial charge in [0.15, 0.2) is 0 Å². The van der Waals surface area contributed by atoms with Crippen LogP contribution in [0, 0.1) is 12.7 Å². The zero-order valence-corrected chi connectivity index (χ0v) is 12.5. The molecule has 0 spiro atoms. The van der Waals surface area contributed by atoms with Crippen LogP contribution in [0.2, 0.25) is 0 Å². The van der Waals surface area contributed by atoms with Gasteiger partial charge in [0.05, 0.1) is 6.61 Å². The minimum Gasteiger partial charge on any atom is -0.395 e. The van der Waals surface area contributed by atoms with Gasteiger partial charge in [0.2, 0.25) is 10.0 Å². The average Bonchev–Trinajstić information content (AvgIpc) is 2.37. The summed E-state index contributed by atoms with van der Waals surface area (Å²) in [6.07, 6.45) is 2.20. The summed E-state index contributed by atoms with van der Waals surface area (Å²) in [5.74, 6) is -0.737. The van der Waals surface area contributed by atoms with Gasteiger partial charge in [-0.1, -0.05) is 12.5 Å². The van der Waals surface area contributed by atoms with Gasteiger partial charge in [0.1, 0.15) is 10.7 Å². The molecule has 0 aliphatic carbocycles. The second-order valence-electron chi connectivity index (χ2n) is 5.39. The number of benzene rings is 1. The lowest BCUT2D eigenvalue weighted by Crippen LogP contribution is -2.50. The molecular weight excluding hydrogens is 281 g/mol. The number of piperidine rings is 1. The van der Waals surface area contributed by atoms with Gasteiger partial charge in [-0.3, -0.25) is 0 Å². The Morgan fingerprint density at radius 1 is 1.40 bits per heavy atom. The van der Waals surface area contributed by atoms with Gasteiger partial charge < -0.3 is 5.11 Å². The van der Waals surface area contributed by atoms with Crippen LogP contribution < -0.4 is 0 Å². The smallest absolute Gasteiger partial charge is 0.246 e. The van der Waals surface area contributed by atoms with Crippen molar-refractivity contribution in [1.82, 2.24) is 4.31 Å². The zero-order chi connectivity index (χ0) is 14.9. The fraction of sp³-hybridized carbons (Fsp3) is 0.571. The summed E-state index contributed by atoms with van der Waals surface area (Å²) >= 11 is 0. The third kappa shape index (κ3) is 2.73. The molecule has 20 heavy (non-hydrogen) atoms. The lowest BCUT2D eigenvalue weighted by Gasteiger charge is -2.38. The molecule has 0 saturated carbocycles. The maximum absolute atomic E-state index is 14.0. The third-order valence-corrected chi connectivity index (χ3v) is 5.91. The number of aliphatic hydroxyl groups excluding tert-OH is 1. The lowest BCUT2D eigenvalue weighted by atomic mass is 10.0. The third-order valence-electron chi connectivity index (χ3n) is 3.81. The van der Waals surface area contributed by atoms with E-state index in [0.29, 0.717) is 12.0 Å². The highest BCUT2D eigenvalue weighted by atomic mass is 32.2. The molecular formula is C14H20FNO3S. The van der Waals surface area contributed by atoms with Crippen molar-refractivity contribution in [3.8, 4) is 0 Å². The van der Waals surface area contributed by atoms with Gasteiger partial charge in [-0.05, 0) is 44.4 Å². The summed E-state index contributed by atoms with van der Waals surface area (Å²) in [5.41, 5.74) is 0.673. The van der Waals surface area contributed by atoms with E-state index in [1.807, 2.05) is 0 Å². The number of hydrogen-bond acceptors (Lipinski definition) is 3. The Bertz CT molecular complexity index is 588. The summed E-state index contributed by atoms with van der Waals surface area (Å²) in [6, 6.07) is 3.40. The molecule has 1 fully saturated rings. The highest BCUT2D eigenvalue weighted by Gasteiger charge is 2.38. The number of rotatable bonds is 3. The van der Waals surface area contributed by atoms with Crippen molar-refractivity contribution in [3.63, 3.8) is 0 Å². The van der Waals surface area contributed by atoms with E-state index in [1.54, 1.807) is 19.9 Å². The predicted molar refractivity (Wildman–Crippen MR) is 74.3 cm³/mol. The second-order valence-corrected chi connectivity index (χ2v) is 7.20. The number of nitrogens with zero attached hydrogens (tertiary/aromatic N) is 1. The van der Waals surface area contributed by atoms with E-state index < -0.39 is 21.9 Å². The van der Waals surface area contributed by atoms with E-state index >= 15 is 0 Å². The Morgan fingerprint density at radius 3 is 2.70 bits per heavy atom. The van der Waals surface area contributed by atoms with Gasteiger partial charge in [0.25, 0.3) is 0 Å². The molecule has 0 aromatic heterocycles. The van der Waals surface area contributed by atoms with Gasteiger partial charge in [-0.15, -0.1) is 0 Å². The molecule has 0 amide bonds. The Kier molecular flexibility index (Phi) is 4.46. The fourth-order valence-electron chi connectivity index (χ4n) is 2.80. The summed E-state index contributed by atoms with van der Waals surface area (Å²) < 4.78 is 40.6. The van der Waals surface area contributed by atoms with Crippen molar-refractivity contribution in [2.75, 3.05) is 6.61 Å². The SMILES string of the molecule is Cc1ccc(S(=O)(=O)N2C(C)CCCC2CO)c(F)c1. The molecule has 1 aliphatic heterocycles. The van der Waals surface area contributed by atoms with Crippen LogP contribution in [0.25, 0.3) is 0 Å². The molecule has 2 unspecified atom stereocenters. The minimum atomic E-state index is -3.92. The molecule has 1 saturated heterocycles. The molecule has 1 aromatic carbocycles. The normalized spacial score (nSPS) is 24.8. The Balaban J connectivity index is 2.47. The average molecular weight is 301 g/mol. The van der Waals surface area contributed by atoms with E-state index in [-0.39, 0.29) is 17.5 Å². The van der Waals surface area contributed by atoms with Gasteiger partial charge in [-0.2, -0.15) is 4.31 Å². The number of hydrogen-bond donors (Lipinski definition) is 1. The van der Waals surface area contributed by atoms with Crippen molar-refractivity contribution in [3.05, 3.63) is 29.6 Å². The molecule has 1 heterocycles. The van der Waals surface area contributed by atoms with Crippen LogP contribution in [0.5, 0.6) is 0 Å². The molecule has 1 N–H and O–H groups in total. The highest BCUT2D eigenvalue weighted by molar-refractivity contribution is 7.89. The summed E-state index contributed by atoms with van der Waals surface area (Å²) in [4.78, 5) is -0.310. The molecule has 4 nitrogen and oxygen atoms in total. The van der Waals surface area contributed by atoms with Crippen molar-refractivity contribution >= 4 is 10.0 Å². The number of sulfonamides is 1. The van der Waals surface area contributed by atoms with Crippen LogP contribution in [0.15, 0.2) is 23.1 Å². The molecule has 0 bridgehead atoms. The van der Waals surface area contributed by atoms with Crippen molar-refractivity contribution < 1.29 is 17.9 Å². The second kappa shape index (κ2) is 5.79. The van der Waals surface area contributed by atoms with E-state index in [4.69, 9.17) is 0 Å². The van der Waals surface area contributed by atoms with Gasteiger partial charge in [-0.25, -0.2) is 12.8 Å². The quantitative estimate of drug-likeness (QED) is 0.929. The van der Waals surface area contributed by atoms with Crippen LogP contribution in [-0.2, 0) is 10.0 Å². The highest BCUT2D eigenvalue weighted by Crippen LogP contribution is 2.30. The van der Waals surface area contributed by atoms with Gasteiger partial charge >= 0.3 is 0 Å². The van der Waals surface area contributed by atoms with Crippen LogP contribution in [0.1, 0.15) is 31.7 Å². The van der Waals surface area contributed by atoms with Crippen molar-refractivity contribution in [1.29, 1.82) is 0 Å². The standard InChI is InChI=1S/C14H20FNO3S/c1-10-6-7-14(13(15)8-10)20(18,19)16-11(2)4-3-5-12(16)9-17/h6-8,11-12,17H,3-5,9H2,1-2H3. The number of aryl methyl sites for hydroxylation is 1. The van der Waals surface area contributed by atoms with E-state index in [0.717, 1.165) is 12.8 Å². The Hall–Kier alpha value is -0.980. The Labute approximate surface area is 119 Å². The maximum atomic E-state index is 14.0. The first kappa shape index (κ1) is 15.4. The maximum Gasteiger partial charge on any atom is 0.246 e. The van der Waals surface area contributed by atoms with Crippen molar-refractivity contribution in [2.24, 2.45) is 0 Å². The summed E-state index contributed by atoms with van der Waals surface area (Å²) in [7, 11) is -3.92. The predicted octanol–water partition coefficient (Wildman–Crippen LogP) is 2.06. The van der Waals surface area contributed by atoms with Crippen molar-refractivity contribution in [2.45, 2.75) is 50.1 Å². The first-order valence-electron chi connectivity index (χ1n) is 6.78. The lowest BCUT2D eigenvalue weighted by molar-refractivity contribution is 0.122. The van der Waals surface area contributed by atoms with Crippen LogP contribution >= 0.6 is 0 Å². The van der Waals surface area contributed by atoms with E-state index in [2.05, 4.69) is 0 Å². The summed E-state index contributed by atoms with van der Waals surface area (Å²) in [6.45, 7) is 3.27. The molecule has 2 atom stereocenters. The van der Waals surface area contributed by atoms with Gasteiger partial charge in [0, 0.05) is 12.1 Å². The molecule has 112 valence electrons. The largest absolute Gasteiger partial charge is 0.395 e. The molecule has 2 rings (SSSR count). The minimum absolute atomic E-state index is 0.230. The number of halogens is 1. The molecule has 6 heteroatoms. The molecule has 1 aliphatic rings. The van der Waals surface area contributed by atoms with E-state index in [1.165, 1.54) is 16.4 Å². The zero-order valence-electron chi connectivity index (χ0n) is 11.7. The summed E-state index contributed by atoms with van der Waals surface area (Å²) in [5, 5.41) is 9.40. The van der Waals surface area contributed by atoms with Crippen LogP contribution in [0.3, 0.4) is 0 Å². The first-order valence-corrected chi connectivity index (χ1v) is 8.22. The Morgan fingerprint density at radius 2 is 2.10 bits per heavy atom. The fourth-order valence-corrected chi connectivity index (χ4v) is 4.71. The topological polar surface area (TPSA) is 57.6 Å². The van der Waals surface area contributed by atoms with Crippen LogP contribution in [-0.4, -0.2) is 36.5 Å². The molecule has 1 aromatic rings. The number of aliphatic hydroxyl groups is 1. The first-order chi connectivity index (χ1) is 9.37. The van der Waals surface area contributed by atoms with E-state index in [9.17, 15) is 17.9 Å². The molecule has 0 radical (unpaired) electrons.